The SMILES string of the molecule is COC(=O)c1ccc(CN2CCC(Cc3ccc(OC)cc3)C2)s1. The summed E-state index contributed by atoms with van der Waals surface area (Å²) >= 11 is 1.53. The molecule has 1 unspecified atom stereocenters. The van der Waals surface area contributed by atoms with Gasteiger partial charge in [-0.05, 0) is 55.1 Å². The van der Waals surface area contributed by atoms with E-state index in [0.717, 1.165) is 31.8 Å². The largest absolute Gasteiger partial charge is 0.497 e. The highest BCUT2D eigenvalue weighted by atomic mass is 32.1. The van der Waals surface area contributed by atoms with E-state index >= 15 is 0 Å². The number of esters is 1. The summed E-state index contributed by atoms with van der Waals surface area (Å²) in [7, 11) is 3.12. The van der Waals surface area contributed by atoms with E-state index in [1.807, 2.05) is 24.3 Å². The van der Waals surface area contributed by atoms with Gasteiger partial charge in [0.2, 0.25) is 0 Å². The fraction of sp³-hybridized carbons (Fsp3) is 0.421. The van der Waals surface area contributed by atoms with Gasteiger partial charge in [0.15, 0.2) is 0 Å². The van der Waals surface area contributed by atoms with E-state index in [1.54, 1.807) is 7.11 Å². The molecule has 24 heavy (non-hydrogen) atoms. The summed E-state index contributed by atoms with van der Waals surface area (Å²) in [4.78, 5) is 15.9. The molecule has 1 aliphatic heterocycles. The molecule has 1 saturated heterocycles. The second-order valence-corrected chi connectivity index (χ2v) is 7.37. The molecule has 0 bridgehead atoms. The highest BCUT2D eigenvalue weighted by Gasteiger charge is 2.23. The van der Waals surface area contributed by atoms with E-state index in [2.05, 4.69) is 17.0 Å². The highest BCUT2D eigenvalue weighted by Crippen LogP contribution is 2.26. The molecular weight excluding hydrogens is 322 g/mol. The first-order chi connectivity index (χ1) is 11.7. The fourth-order valence-electron chi connectivity index (χ4n) is 3.21. The van der Waals surface area contributed by atoms with Crippen LogP contribution in [0.1, 0.15) is 26.5 Å². The lowest BCUT2D eigenvalue weighted by molar-refractivity contribution is 0.0606. The summed E-state index contributed by atoms with van der Waals surface area (Å²) in [5, 5.41) is 0. The lowest BCUT2D eigenvalue weighted by Crippen LogP contribution is -2.20. The zero-order valence-corrected chi connectivity index (χ0v) is 15.0. The molecule has 2 aromatic rings. The summed E-state index contributed by atoms with van der Waals surface area (Å²) in [5.74, 6) is 1.36. The molecule has 4 nitrogen and oxygen atoms in total. The van der Waals surface area contributed by atoms with Crippen molar-refractivity contribution in [3.8, 4) is 5.75 Å². The Balaban J connectivity index is 1.51. The highest BCUT2D eigenvalue weighted by molar-refractivity contribution is 7.13. The van der Waals surface area contributed by atoms with Crippen LogP contribution in [0, 0.1) is 5.92 Å². The molecule has 0 spiro atoms. The number of hydrogen-bond donors (Lipinski definition) is 0. The van der Waals surface area contributed by atoms with Crippen LogP contribution in [-0.2, 0) is 17.7 Å². The standard InChI is InChI=1S/C19H23NO3S/c1-22-16-5-3-14(4-6-16)11-15-9-10-20(12-15)13-17-7-8-18(24-17)19(21)23-2/h3-8,15H,9-13H2,1-2H3. The molecule has 1 aliphatic rings. The van der Waals surface area contributed by atoms with Crippen LogP contribution in [0.5, 0.6) is 5.75 Å². The number of methoxy groups -OCH3 is 2. The maximum absolute atomic E-state index is 11.5. The van der Waals surface area contributed by atoms with Gasteiger partial charge in [-0.1, -0.05) is 12.1 Å². The molecule has 0 aliphatic carbocycles. The molecule has 1 fully saturated rings. The molecule has 3 rings (SSSR count). The van der Waals surface area contributed by atoms with Crippen LogP contribution in [0.4, 0.5) is 0 Å². The van der Waals surface area contributed by atoms with Gasteiger partial charge in [-0.2, -0.15) is 0 Å². The van der Waals surface area contributed by atoms with Crippen molar-refractivity contribution in [2.24, 2.45) is 5.92 Å². The number of carbonyl (C=O) groups is 1. The van der Waals surface area contributed by atoms with E-state index in [0.29, 0.717) is 10.8 Å². The van der Waals surface area contributed by atoms with Gasteiger partial charge in [0.1, 0.15) is 10.6 Å². The lowest BCUT2D eigenvalue weighted by atomic mass is 9.99. The summed E-state index contributed by atoms with van der Waals surface area (Å²) < 4.78 is 9.98. The van der Waals surface area contributed by atoms with E-state index in [1.165, 1.54) is 35.3 Å². The molecule has 1 aromatic heterocycles. The number of nitrogens with zero attached hydrogens (tertiary/aromatic N) is 1. The molecular formula is C19H23NO3S. The Morgan fingerprint density at radius 3 is 2.71 bits per heavy atom. The number of ether oxygens (including phenoxy) is 2. The molecule has 0 radical (unpaired) electrons. The van der Waals surface area contributed by atoms with Gasteiger partial charge in [-0.25, -0.2) is 4.79 Å². The maximum Gasteiger partial charge on any atom is 0.348 e. The van der Waals surface area contributed by atoms with Crippen molar-refractivity contribution < 1.29 is 14.3 Å². The number of benzene rings is 1. The number of carbonyl (C=O) groups excluding carboxylic acids is 1. The van der Waals surface area contributed by atoms with E-state index in [4.69, 9.17) is 9.47 Å². The van der Waals surface area contributed by atoms with Crippen molar-refractivity contribution in [2.75, 3.05) is 27.3 Å². The lowest BCUT2D eigenvalue weighted by Gasteiger charge is -2.15. The van der Waals surface area contributed by atoms with Gasteiger partial charge in [-0.3, -0.25) is 4.90 Å². The minimum Gasteiger partial charge on any atom is -0.497 e. The fourth-order valence-corrected chi connectivity index (χ4v) is 4.18. The Kier molecular flexibility index (Phi) is 5.53. The maximum atomic E-state index is 11.5. The number of hydrogen-bond acceptors (Lipinski definition) is 5. The van der Waals surface area contributed by atoms with Crippen molar-refractivity contribution in [1.29, 1.82) is 0 Å². The van der Waals surface area contributed by atoms with Crippen LogP contribution >= 0.6 is 11.3 Å². The molecule has 0 N–H and O–H groups in total. The number of thiophene rings is 1. The third kappa shape index (κ3) is 4.16. The Hall–Kier alpha value is -1.85. The van der Waals surface area contributed by atoms with Crippen molar-refractivity contribution in [2.45, 2.75) is 19.4 Å². The molecule has 1 atom stereocenters. The summed E-state index contributed by atoms with van der Waals surface area (Å²) in [6.45, 7) is 3.14. The third-order valence-corrected chi connectivity index (χ3v) is 5.53. The van der Waals surface area contributed by atoms with Gasteiger partial charge < -0.3 is 9.47 Å². The average Bonchev–Trinajstić information content (AvgIpc) is 3.25. The second-order valence-electron chi connectivity index (χ2n) is 6.20. The molecule has 5 heteroatoms. The minimum absolute atomic E-state index is 0.245. The van der Waals surface area contributed by atoms with Gasteiger partial charge in [-0.15, -0.1) is 11.3 Å². The second kappa shape index (κ2) is 7.81. The predicted molar refractivity (Wildman–Crippen MR) is 95.7 cm³/mol. The van der Waals surface area contributed by atoms with Crippen molar-refractivity contribution in [3.05, 3.63) is 51.7 Å². The Labute approximate surface area is 147 Å². The molecule has 0 saturated carbocycles. The number of likely N-dealkylation sites (tertiary alicyclic amines) is 1. The van der Waals surface area contributed by atoms with Gasteiger partial charge >= 0.3 is 5.97 Å². The average molecular weight is 345 g/mol. The van der Waals surface area contributed by atoms with Gasteiger partial charge in [0, 0.05) is 18.0 Å². The zero-order chi connectivity index (χ0) is 16.9. The van der Waals surface area contributed by atoms with Gasteiger partial charge in [0.25, 0.3) is 0 Å². The molecule has 2 heterocycles. The normalized spacial score (nSPS) is 17.8. The van der Waals surface area contributed by atoms with E-state index in [9.17, 15) is 4.79 Å². The smallest absolute Gasteiger partial charge is 0.348 e. The van der Waals surface area contributed by atoms with Crippen molar-refractivity contribution in [3.63, 3.8) is 0 Å². The predicted octanol–water partition coefficient (Wildman–Crippen LogP) is 3.61. The molecule has 0 amide bonds. The zero-order valence-electron chi connectivity index (χ0n) is 14.2. The quantitative estimate of drug-likeness (QED) is 0.750. The first kappa shape index (κ1) is 17.0. The van der Waals surface area contributed by atoms with Crippen LogP contribution in [0.3, 0.4) is 0 Å². The van der Waals surface area contributed by atoms with Gasteiger partial charge in [0.05, 0.1) is 14.2 Å². The monoisotopic (exact) mass is 345 g/mol. The van der Waals surface area contributed by atoms with E-state index < -0.39 is 0 Å². The minimum atomic E-state index is -0.245. The Morgan fingerprint density at radius 2 is 2.00 bits per heavy atom. The van der Waals surface area contributed by atoms with Crippen LogP contribution in [-0.4, -0.2) is 38.2 Å². The Bertz CT molecular complexity index is 680. The van der Waals surface area contributed by atoms with E-state index in [-0.39, 0.29) is 5.97 Å². The van der Waals surface area contributed by atoms with Crippen molar-refractivity contribution >= 4 is 17.3 Å². The molecule has 1 aromatic carbocycles. The Morgan fingerprint density at radius 1 is 1.21 bits per heavy atom. The van der Waals surface area contributed by atoms with Crippen LogP contribution in [0.2, 0.25) is 0 Å². The third-order valence-electron chi connectivity index (χ3n) is 4.48. The number of rotatable bonds is 6. The first-order valence-electron chi connectivity index (χ1n) is 8.20. The summed E-state index contributed by atoms with van der Waals surface area (Å²) in [6, 6.07) is 12.3. The summed E-state index contributed by atoms with van der Waals surface area (Å²) in [6.07, 6.45) is 2.33. The van der Waals surface area contributed by atoms with Crippen molar-refractivity contribution in [1.82, 2.24) is 4.90 Å². The van der Waals surface area contributed by atoms with Crippen LogP contribution in [0.25, 0.3) is 0 Å². The molecule has 128 valence electrons. The summed E-state index contributed by atoms with van der Waals surface area (Å²) in [5.41, 5.74) is 1.37. The van der Waals surface area contributed by atoms with Crippen LogP contribution < -0.4 is 4.74 Å². The van der Waals surface area contributed by atoms with Crippen LogP contribution in [0.15, 0.2) is 36.4 Å². The first-order valence-corrected chi connectivity index (χ1v) is 9.02. The topological polar surface area (TPSA) is 38.8 Å².